The Labute approximate surface area is 511 Å². The average molecular weight is 1150 g/mol. The molecule has 0 N–H and O–H groups in total. The second-order valence-electron chi connectivity index (χ2n) is 22.0. The number of rotatable bonds is 60. The minimum Gasteiger partial charge on any atom is -0.462 e. The van der Waals surface area contributed by atoms with Gasteiger partial charge in [-0.1, -0.05) is 288 Å². The van der Waals surface area contributed by atoms with Gasteiger partial charge in [0.1, 0.15) is 13.2 Å². The Morgan fingerprint density at radius 2 is 0.482 bits per heavy atom. The van der Waals surface area contributed by atoms with Crippen LogP contribution in [0.2, 0.25) is 0 Å². The van der Waals surface area contributed by atoms with E-state index in [0.717, 1.165) is 135 Å². The quantitative estimate of drug-likeness (QED) is 0.0261. The summed E-state index contributed by atoms with van der Waals surface area (Å²) >= 11 is 0. The van der Waals surface area contributed by atoms with Crippen LogP contribution in [-0.2, 0) is 28.6 Å². The summed E-state index contributed by atoms with van der Waals surface area (Å²) in [5.74, 6) is -0.976. The number of ether oxygens (including phenoxy) is 3. The maximum absolute atomic E-state index is 12.9. The summed E-state index contributed by atoms with van der Waals surface area (Å²) in [6.07, 6.45) is 101. The van der Waals surface area contributed by atoms with Gasteiger partial charge < -0.3 is 14.2 Å². The number of hydrogen-bond acceptors (Lipinski definition) is 6. The highest BCUT2D eigenvalue weighted by atomic mass is 16.6. The molecule has 0 aromatic rings. The number of hydrogen-bond donors (Lipinski definition) is 0. The van der Waals surface area contributed by atoms with E-state index in [0.29, 0.717) is 19.3 Å². The van der Waals surface area contributed by atoms with Crippen molar-refractivity contribution in [1.29, 1.82) is 0 Å². The Morgan fingerprint density at radius 3 is 0.783 bits per heavy atom. The van der Waals surface area contributed by atoms with Crippen molar-refractivity contribution in [2.75, 3.05) is 13.2 Å². The molecule has 0 aromatic carbocycles. The Balaban J connectivity index is 4.27. The van der Waals surface area contributed by atoms with Gasteiger partial charge in [-0.3, -0.25) is 14.4 Å². The van der Waals surface area contributed by atoms with Crippen LogP contribution in [0.15, 0.2) is 158 Å². The van der Waals surface area contributed by atoms with Gasteiger partial charge in [0.2, 0.25) is 0 Å². The maximum atomic E-state index is 12.9. The zero-order valence-electron chi connectivity index (χ0n) is 53.7. The first-order valence-corrected chi connectivity index (χ1v) is 34.0. The van der Waals surface area contributed by atoms with E-state index in [9.17, 15) is 14.4 Å². The van der Waals surface area contributed by atoms with Crippen molar-refractivity contribution in [1.82, 2.24) is 0 Å². The zero-order chi connectivity index (χ0) is 59.9. The minimum absolute atomic E-state index is 0.108. The number of esters is 3. The lowest BCUT2D eigenvalue weighted by atomic mass is 10.0. The van der Waals surface area contributed by atoms with E-state index < -0.39 is 6.10 Å². The molecule has 0 amide bonds. The van der Waals surface area contributed by atoms with Crippen molar-refractivity contribution in [2.24, 2.45) is 0 Å². The third-order valence-corrected chi connectivity index (χ3v) is 14.0. The molecule has 1 unspecified atom stereocenters. The first-order chi connectivity index (χ1) is 41.0. The van der Waals surface area contributed by atoms with Gasteiger partial charge in [0.15, 0.2) is 6.10 Å². The molecule has 0 aliphatic carbocycles. The number of carbonyl (C=O) groups is 3. The summed E-state index contributed by atoms with van der Waals surface area (Å²) in [5, 5.41) is 0. The van der Waals surface area contributed by atoms with E-state index in [2.05, 4.69) is 179 Å². The highest BCUT2D eigenvalue weighted by Gasteiger charge is 2.19. The van der Waals surface area contributed by atoms with E-state index in [1.165, 1.54) is 109 Å². The fourth-order valence-corrected chi connectivity index (χ4v) is 8.98. The van der Waals surface area contributed by atoms with Crippen LogP contribution in [0.1, 0.15) is 290 Å². The highest BCUT2D eigenvalue weighted by molar-refractivity contribution is 5.71. The first-order valence-electron chi connectivity index (χ1n) is 34.0. The van der Waals surface area contributed by atoms with Crippen LogP contribution in [-0.4, -0.2) is 37.2 Å². The Bertz CT molecular complexity index is 1840. The Kier molecular flexibility index (Phi) is 65.4. The van der Waals surface area contributed by atoms with Gasteiger partial charge in [-0.25, -0.2) is 0 Å². The fourth-order valence-electron chi connectivity index (χ4n) is 8.98. The molecule has 0 bridgehead atoms. The predicted molar refractivity (Wildman–Crippen MR) is 362 cm³/mol. The number of allylic oxidation sites excluding steroid dienone is 26. The summed E-state index contributed by atoms with van der Waals surface area (Å²) < 4.78 is 16.9. The van der Waals surface area contributed by atoms with Gasteiger partial charge in [0.05, 0.1) is 0 Å². The monoisotopic (exact) mass is 1140 g/mol. The smallest absolute Gasteiger partial charge is 0.306 e. The largest absolute Gasteiger partial charge is 0.462 e. The van der Waals surface area contributed by atoms with Gasteiger partial charge in [-0.05, 0) is 141 Å². The molecule has 0 spiro atoms. The van der Waals surface area contributed by atoms with Crippen LogP contribution in [0.25, 0.3) is 0 Å². The molecule has 0 aliphatic rings. The lowest BCUT2D eigenvalue weighted by molar-refractivity contribution is -0.167. The zero-order valence-corrected chi connectivity index (χ0v) is 53.7. The average Bonchev–Trinajstić information content (AvgIpc) is 3.49. The van der Waals surface area contributed by atoms with Crippen molar-refractivity contribution in [3.8, 4) is 0 Å². The van der Waals surface area contributed by atoms with Crippen molar-refractivity contribution in [3.63, 3.8) is 0 Å². The van der Waals surface area contributed by atoms with E-state index in [1.807, 2.05) is 0 Å². The SMILES string of the molecule is CC/C=C\C/C=C\C/C=C\C/C=C\C/C=C\C/C=C\C/C=C\CCCCCCCCCCCCCCCC(=O)OCC(COC(=O)CCCCCCC/C=C\CCCCCC)OC(=O)CCC/C=C\C/C=C\C/C=C\C/C=C\C/C=C\CC. The summed E-state index contributed by atoms with van der Waals surface area (Å²) in [6.45, 7) is 6.34. The third-order valence-electron chi connectivity index (χ3n) is 14.0. The van der Waals surface area contributed by atoms with Crippen LogP contribution in [0.5, 0.6) is 0 Å². The molecule has 0 radical (unpaired) electrons. The standard InChI is InChI=1S/C77H124O6/c1-4-7-10-13-16-19-22-25-27-29-30-31-32-33-34-35-36-37-38-39-40-41-42-43-44-45-46-48-49-52-55-58-61-64-67-70-76(79)82-73-74(72-81-75(78)69-66-63-60-57-54-51-24-21-18-15-12-9-6-3)83-77(80)71-68-65-62-59-56-53-50-47-28-26-23-20-17-14-11-8-5-2/h7-8,10-11,16-17,19-21,24-28,30-31,33-34,36-37,39-40,50,53,59,62,74H,4-6,9,12-15,18,22-23,29,32,35,38,41-49,51-52,54-58,60-61,63-73H2,1-3H3/b10-7-,11-8-,19-16-,20-17-,24-21-,27-25-,28-26-,31-30-,34-33-,37-36-,40-39-,53-50-,62-59-. The van der Waals surface area contributed by atoms with Gasteiger partial charge in [-0.15, -0.1) is 0 Å². The molecule has 6 nitrogen and oxygen atoms in total. The van der Waals surface area contributed by atoms with Gasteiger partial charge in [0.25, 0.3) is 0 Å². The second-order valence-corrected chi connectivity index (χ2v) is 22.0. The Morgan fingerprint density at radius 1 is 0.253 bits per heavy atom. The molecule has 0 saturated carbocycles. The van der Waals surface area contributed by atoms with Crippen molar-refractivity contribution >= 4 is 17.9 Å². The van der Waals surface area contributed by atoms with Crippen molar-refractivity contribution in [2.45, 2.75) is 297 Å². The molecular weight excluding hydrogens is 1020 g/mol. The van der Waals surface area contributed by atoms with Gasteiger partial charge in [-0.2, -0.15) is 0 Å². The van der Waals surface area contributed by atoms with Crippen LogP contribution in [0.3, 0.4) is 0 Å². The van der Waals surface area contributed by atoms with Crippen LogP contribution in [0, 0.1) is 0 Å². The normalized spacial score (nSPS) is 13.1. The maximum Gasteiger partial charge on any atom is 0.306 e. The van der Waals surface area contributed by atoms with Crippen molar-refractivity contribution in [3.05, 3.63) is 158 Å². The van der Waals surface area contributed by atoms with E-state index in [1.54, 1.807) is 0 Å². The lowest BCUT2D eigenvalue weighted by Gasteiger charge is -2.18. The molecule has 1 atom stereocenters. The lowest BCUT2D eigenvalue weighted by Crippen LogP contribution is -2.30. The minimum atomic E-state index is -0.818. The summed E-state index contributed by atoms with van der Waals surface area (Å²) in [7, 11) is 0. The Hall–Kier alpha value is -4.97. The van der Waals surface area contributed by atoms with E-state index in [-0.39, 0.29) is 37.5 Å². The number of carbonyl (C=O) groups excluding carboxylic acids is 3. The molecule has 0 rings (SSSR count). The van der Waals surface area contributed by atoms with Crippen LogP contribution >= 0.6 is 0 Å². The van der Waals surface area contributed by atoms with E-state index in [4.69, 9.17) is 14.2 Å². The molecule has 0 saturated heterocycles. The molecular formula is C77H124O6. The third kappa shape index (κ3) is 67.7. The highest BCUT2D eigenvalue weighted by Crippen LogP contribution is 2.15. The fraction of sp³-hybridized carbons (Fsp3) is 0.623. The summed E-state index contributed by atoms with van der Waals surface area (Å²) in [5.41, 5.74) is 0. The topological polar surface area (TPSA) is 78.9 Å². The molecule has 0 aliphatic heterocycles. The molecule has 6 heteroatoms. The number of unbranched alkanes of at least 4 members (excludes halogenated alkanes) is 23. The molecule has 468 valence electrons. The van der Waals surface area contributed by atoms with Crippen molar-refractivity contribution < 1.29 is 28.6 Å². The summed E-state index contributed by atoms with van der Waals surface area (Å²) in [6, 6.07) is 0. The first kappa shape index (κ1) is 78.0. The predicted octanol–water partition coefficient (Wildman–Crippen LogP) is 23.7. The summed E-state index contributed by atoms with van der Waals surface area (Å²) in [4.78, 5) is 38.3. The molecule has 0 aromatic heterocycles. The second kappa shape index (κ2) is 69.5. The molecule has 0 heterocycles. The molecule has 0 fully saturated rings. The van der Waals surface area contributed by atoms with Gasteiger partial charge in [0, 0.05) is 19.3 Å². The van der Waals surface area contributed by atoms with Gasteiger partial charge >= 0.3 is 17.9 Å². The van der Waals surface area contributed by atoms with Crippen LogP contribution < -0.4 is 0 Å². The van der Waals surface area contributed by atoms with E-state index >= 15 is 0 Å². The van der Waals surface area contributed by atoms with Crippen LogP contribution in [0.4, 0.5) is 0 Å². The molecule has 83 heavy (non-hydrogen) atoms.